The molecule has 0 fully saturated rings. The second-order valence-corrected chi connectivity index (χ2v) is 7.60. The number of halogens is 1. The summed E-state index contributed by atoms with van der Waals surface area (Å²) in [6.45, 7) is 1.82. The number of hydrogen-bond donors (Lipinski definition) is 2. The second-order valence-electron chi connectivity index (χ2n) is 7.19. The fourth-order valence-electron chi connectivity index (χ4n) is 3.41. The number of carbonyl (C=O) groups is 2. The maximum absolute atomic E-state index is 13.0. The zero-order valence-electron chi connectivity index (χ0n) is 17.3. The Bertz CT molecular complexity index is 1550. The van der Waals surface area contributed by atoms with Gasteiger partial charge in [-0.3, -0.25) is 20.4 Å². The number of hydrogen-bond acceptors (Lipinski definition) is 6. The molecule has 0 bridgehead atoms. The molecule has 5 aromatic rings. The zero-order valence-corrected chi connectivity index (χ0v) is 18.0. The fraction of sp³-hybridized carbons (Fsp3) is 0.0435. The highest BCUT2D eigenvalue weighted by Crippen LogP contribution is 2.29. The summed E-state index contributed by atoms with van der Waals surface area (Å²) in [5.41, 5.74) is 7.75. The van der Waals surface area contributed by atoms with E-state index in [1.165, 1.54) is 4.52 Å². The molecule has 0 atom stereocenters. The molecule has 2 aromatic carbocycles. The molecule has 3 aromatic heterocycles. The van der Waals surface area contributed by atoms with Crippen molar-refractivity contribution < 1.29 is 9.59 Å². The Kier molecular flexibility index (Phi) is 5.15. The van der Waals surface area contributed by atoms with E-state index in [1.54, 1.807) is 36.5 Å². The lowest BCUT2D eigenvalue weighted by molar-refractivity contribution is 0.0842. The first kappa shape index (κ1) is 20.5. The van der Waals surface area contributed by atoms with Crippen LogP contribution in [0.25, 0.3) is 27.9 Å². The Morgan fingerprint density at radius 2 is 1.70 bits per heavy atom. The van der Waals surface area contributed by atoms with Crippen LogP contribution in [0.2, 0.25) is 5.02 Å². The highest BCUT2D eigenvalue weighted by Gasteiger charge is 2.18. The van der Waals surface area contributed by atoms with Crippen molar-refractivity contribution in [1.29, 1.82) is 0 Å². The van der Waals surface area contributed by atoms with Crippen molar-refractivity contribution in [2.45, 2.75) is 6.92 Å². The fourth-order valence-corrected chi connectivity index (χ4v) is 3.64. The van der Waals surface area contributed by atoms with Gasteiger partial charge in [-0.25, -0.2) is 14.5 Å². The van der Waals surface area contributed by atoms with E-state index in [2.05, 4.69) is 30.9 Å². The molecule has 162 valence electrons. The normalized spacial score (nSPS) is 11.0. The lowest BCUT2D eigenvalue weighted by Crippen LogP contribution is -2.42. The minimum Gasteiger partial charge on any atom is -0.267 e. The number of pyridine rings is 1. The number of nitrogens with zero attached hydrogens (tertiary/aromatic N) is 5. The van der Waals surface area contributed by atoms with Crippen molar-refractivity contribution in [3.63, 3.8) is 0 Å². The molecule has 5 rings (SSSR count). The van der Waals surface area contributed by atoms with Crippen molar-refractivity contribution in [3.05, 3.63) is 89.0 Å². The van der Waals surface area contributed by atoms with E-state index in [1.807, 2.05) is 37.3 Å². The third-order valence-electron chi connectivity index (χ3n) is 5.03. The number of fused-ring (bicyclic) bond motifs is 2. The summed E-state index contributed by atoms with van der Waals surface area (Å²) < 4.78 is 1.45. The van der Waals surface area contributed by atoms with Crippen molar-refractivity contribution in [3.8, 4) is 11.3 Å². The number of carbonyl (C=O) groups excluding carboxylic acids is 2. The quantitative estimate of drug-likeness (QED) is 0.401. The summed E-state index contributed by atoms with van der Waals surface area (Å²) in [5.74, 6) is -1.02. The number of benzene rings is 2. The van der Waals surface area contributed by atoms with E-state index < -0.39 is 11.8 Å². The molecule has 9 nitrogen and oxygen atoms in total. The van der Waals surface area contributed by atoms with Gasteiger partial charge in [-0.1, -0.05) is 48.0 Å². The summed E-state index contributed by atoms with van der Waals surface area (Å²) >= 11 is 6.34. The SMILES string of the molecule is Cc1ccnc2nc(C(=O)NNC(=O)c3cc(-c4ccccc4Cl)nc4ccccc34)nn12. The van der Waals surface area contributed by atoms with Gasteiger partial charge in [-0.05, 0) is 31.2 Å². The number of aromatic nitrogens is 5. The molecule has 0 saturated carbocycles. The first-order valence-electron chi connectivity index (χ1n) is 9.95. The van der Waals surface area contributed by atoms with Crippen LogP contribution in [-0.2, 0) is 0 Å². The molecule has 2 amide bonds. The minimum atomic E-state index is -0.669. The largest absolute Gasteiger partial charge is 0.309 e. The van der Waals surface area contributed by atoms with Crippen LogP contribution in [0.4, 0.5) is 0 Å². The lowest BCUT2D eigenvalue weighted by atomic mass is 10.0. The predicted octanol–water partition coefficient (Wildman–Crippen LogP) is 3.38. The van der Waals surface area contributed by atoms with Crippen LogP contribution in [0.3, 0.4) is 0 Å². The Morgan fingerprint density at radius 3 is 2.52 bits per heavy atom. The van der Waals surface area contributed by atoms with Crippen LogP contribution in [0.15, 0.2) is 66.9 Å². The van der Waals surface area contributed by atoms with Gasteiger partial charge in [0.2, 0.25) is 5.82 Å². The van der Waals surface area contributed by atoms with Crippen LogP contribution < -0.4 is 10.9 Å². The van der Waals surface area contributed by atoms with Gasteiger partial charge in [0.15, 0.2) is 0 Å². The monoisotopic (exact) mass is 457 g/mol. The maximum atomic E-state index is 13.0. The maximum Gasteiger partial charge on any atom is 0.309 e. The van der Waals surface area contributed by atoms with Crippen molar-refractivity contribution in [2.24, 2.45) is 0 Å². The first-order valence-corrected chi connectivity index (χ1v) is 10.3. The summed E-state index contributed by atoms with van der Waals surface area (Å²) in [6, 6.07) is 17.9. The standard InChI is InChI=1S/C23H16ClN7O2/c1-13-10-11-25-23-27-20(30-31(13)23)22(33)29-28-21(32)16-12-19(15-7-2-4-8-17(15)24)26-18-9-5-3-6-14(16)18/h2-12H,1H3,(H,28,32)(H,29,33). The average molecular weight is 458 g/mol. The molecule has 0 aliphatic carbocycles. The second kappa shape index (κ2) is 8.29. The van der Waals surface area contributed by atoms with Gasteiger partial charge in [0.25, 0.3) is 11.7 Å². The van der Waals surface area contributed by atoms with Gasteiger partial charge in [0.1, 0.15) is 0 Å². The molecule has 0 saturated heterocycles. The number of nitrogens with one attached hydrogen (secondary N) is 2. The van der Waals surface area contributed by atoms with E-state index in [9.17, 15) is 9.59 Å². The molecule has 10 heteroatoms. The van der Waals surface area contributed by atoms with Crippen LogP contribution in [-0.4, -0.2) is 36.4 Å². The van der Waals surface area contributed by atoms with E-state index in [0.29, 0.717) is 32.7 Å². The molecule has 0 unspecified atom stereocenters. The van der Waals surface area contributed by atoms with Crippen LogP contribution in [0, 0.1) is 6.92 Å². The average Bonchev–Trinajstić information content (AvgIpc) is 3.28. The van der Waals surface area contributed by atoms with Crippen molar-refractivity contribution in [1.82, 2.24) is 35.4 Å². The van der Waals surface area contributed by atoms with E-state index in [0.717, 1.165) is 5.69 Å². The summed E-state index contributed by atoms with van der Waals surface area (Å²) in [6.07, 6.45) is 1.58. The van der Waals surface area contributed by atoms with Crippen LogP contribution in [0.1, 0.15) is 26.7 Å². The van der Waals surface area contributed by atoms with Crippen molar-refractivity contribution >= 4 is 40.1 Å². The topological polar surface area (TPSA) is 114 Å². The van der Waals surface area contributed by atoms with Crippen molar-refractivity contribution in [2.75, 3.05) is 0 Å². The lowest BCUT2D eigenvalue weighted by Gasteiger charge is -2.11. The Hall–Kier alpha value is -4.37. The van der Waals surface area contributed by atoms with Gasteiger partial charge in [-0.15, -0.1) is 5.10 Å². The number of para-hydroxylation sites is 1. The van der Waals surface area contributed by atoms with Gasteiger partial charge < -0.3 is 0 Å². The number of aryl methyl sites for hydroxylation is 1. The van der Waals surface area contributed by atoms with Gasteiger partial charge in [-0.2, -0.15) is 4.98 Å². The highest BCUT2D eigenvalue weighted by molar-refractivity contribution is 6.33. The third-order valence-corrected chi connectivity index (χ3v) is 5.36. The molecule has 0 aliphatic heterocycles. The molecule has 2 N–H and O–H groups in total. The van der Waals surface area contributed by atoms with E-state index in [-0.39, 0.29) is 11.6 Å². The summed E-state index contributed by atoms with van der Waals surface area (Å²) in [7, 11) is 0. The molecular weight excluding hydrogens is 442 g/mol. The van der Waals surface area contributed by atoms with Crippen LogP contribution in [0.5, 0.6) is 0 Å². The van der Waals surface area contributed by atoms with Gasteiger partial charge >= 0.3 is 5.91 Å². The Balaban J connectivity index is 1.44. The number of amides is 2. The van der Waals surface area contributed by atoms with E-state index >= 15 is 0 Å². The third kappa shape index (κ3) is 3.85. The Morgan fingerprint density at radius 1 is 0.939 bits per heavy atom. The smallest absolute Gasteiger partial charge is 0.267 e. The first-order chi connectivity index (χ1) is 16.0. The minimum absolute atomic E-state index is 0.117. The Labute approximate surface area is 192 Å². The molecule has 3 heterocycles. The van der Waals surface area contributed by atoms with Gasteiger partial charge in [0.05, 0.1) is 16.8 Å². The van der Waals surface area contributed by atoms with E-state index in [4.69, 9.17) is 11.6 Å². The number of hydrazine groups is 1. The highest BCUT2D eigenvalue weighted by atomic mass is 35.5. The van der Waals surface area contributed by atoms with Gasteiger partial charge in [0, 0.05) is 27.9 Å². The van der Waals surface area contributed by atoms with Crippen LogP contribution >= 0.6 is 11.6 Å². The predicted molar refractivity (Wildman–Crippen MR) is 123 cm³/mol. The molecule has 0 radical (unpaired) electrons. The molecule has 33 heavy (non-hydrogen) atoms. The molecule has 0 aliphatic rings. The molecule has 0 spiro atoms. The number of rotatable bonds is 3. The summed E-state index contributed by atoms with van der Waals surface area (Å²) in [4.78, 5) is 38.4. The zero-order chi connectivity index (χ0) is 22.9. The molecular formula is C23H16ClN7O2. The summed E-state index contributed by atoms with van der Waals surface area (Å²) in [5, 5.41) is 5.28.